The van der Waals surface area contributed by atoms with Crippen molar-refractivity contribution in [1.82, 2.24) is 4.90 Å². The molecule has 0 radical (unpaired) electrons. The van der Waals surface area contributed by atoms with Gasteiger partial charge in [0.05, 0.1) is 32.6 Å². The Bertz CT molecular complexity index is 879. The predicted octanol–water partition coefficient (Wildman–Crippen LogP) is 2.15. The van der Waals surface area contributed by atoms with E-state index in [2.05, 4.69) is 10.2 Å². The van der Waals surface area contributed by atoms with Crippen LogP contribution in [0, 0.1) is 0 Å². The zero-order valence-electron chi connectivity index (χ0n) is 15.4. The van der Waals surface area contributed by atoms with Crippen molar-refractivity contribution in [3.05, 3.63) is 51.5 Å². The molecule has 1 aromatic heterocycles. The summed E-state index contributed by atoms with van der Waals surface area (Å²) in [5.41, 5.74) is 0.0686. The standard InChI is InChI=1S/C19H21ClN2O6/c1-25-17-3-2-13(20)8-15(17)21-19(24)12-28-18-11-27-14(9-16(18)23)10-22-4-6-26-7-5-22/h2-3,8-9,11H,4-7,10,12H2,1H3,(H,21,24). The van der Waals surface area contributed by atoms with Crippen LogP contribution in [0.15, 0.2) is 39.7 Å². The summed E-state index contributed by atoms with van der Waals surface area (Å²) in [6.45, 7) is 3.07. The van der Waals surface area contributed by atoms with Gasteiger partial charge in [0.25, 0.3) is 5.91 Å². The topological polar surface area (TPSA) is 90.2 Å². The van der Waals surface area contributed by atoms with Crippen LogP contribution in [0.5, 0.6) is 11.5 Å². The molecule has 1 aromatic carbocycles. The second-order valence-electron chi connectivity index (χ2n) is 6.14. The Morgan fingerprint density at radius 1 is 1.25 bits per heavy atom. The third-order valence-electron chi connectivity index (χ3n) is 4.13. The van der Waals surface area contributed by atoms with Gasteiger partial charge in [-0.1, -0.05) is 11.6 Å². The minimum atomic E-state index is -0.461. The largest absolute Gasteiger partial charge is 0.495 e. The Labute approximate surface area is 166 Å². The molecule has 9 heteroatoms. The van der Waals surface area contributed by atoms with E-state index in [1.807, 2.05) is 0 Å². The third kappa shape index (κ3) is 5.48. The number of ether oxygens (including phenoxy) is 3. The number of halogens is 1. The Hall–Kier alpha value is -2.55. The van der Waals surface area contributed by atoms with Gasteiger partial charge in [0.2, 0.25) is 11.2 Å². The molecule has 0 saturated carbocycles. The normalized spacial score (nSPS) is 14.5. The van der Waals surface area contributed by atoms with E-state index in [1.54, 1.807) is 18.2 Å². The number of methoxy groups -OCH3 is 1. The molecule has 1 fully saturated rings. The number of hydrogen-bond acceptors (Lipinski definition) is 7. The SMILES string of the molecule is COc1ccc(Cl)cc1NC(=O)COc1coc(CN2CCOCC2)cc1=O. The number of carbonyl (C=O) groups is 1. The van der Waals surface area contributed by atoms with Crippen molar-refractivity contribution in [2.75, 3.05) is 45.3 Å². The molecule has 2 heterocycles. The van der Waals surface area contributed by atoms with Gasteiger partial charge in [0.1, 0.15) is 17.8 Å². The molecule has 28 heavy (non-hydrogen) atoms. The minimum absolute atomic E-state index is 0.0288. The van der Waals surface area contributed by atoms with Crippen molar-refractivity contribution in [3.63, 3.8) is 0 Å². The number of nitrogens with one attached hydrogen (secondary N) is 1. The fourth-order valence-electron chi connectivity index (χ4n) is 2.71. The van der Waals surface area contributed by atoms with E-state index in [1.165, 1.54) is 19.4 Å². The number of hydrogen-bond donors (Lipinski definition) is 1. The molecule has 1 aliphatic heterocycles. The number of amides is 1. The quantitative estimate of drug-likeness (QED) is 0.750. The van der Waals surface area contributed by atoms with E-state index in [4.69, 9.17) is 30.2 Å². The van der Waals surface area contributed by atoms with Gasteiger partial charge in [-0.3, -0.25) is 14.5 Å². The van der Waals surface area contributed by atoms with E-state index in [0.29, 0.717) is 42.0 Å². The Morgan fingerprint density at radius 3 is 2.75 bits per heavy atom. The molecule has 3 rings (SSSR count). The van der Waals surface area contributed by atoms with Gasteiger partial charge in [-0.05, 0) is 18.2 Å². The molecule has 0 bridgehead atoms. The van der Waals surface area contributed by atoms with Crippen LogP contribution in [0.25, 0.3) is 0 Å². The number of rotatable bonds is 7. The molecule has 150 valence electrons. The summed E-state index contributed by atoms with van der Waals surface area (Å²) in [7, 11) is 1.49. The number of benzene rings is 1. The number of carbonyl (C=O) groups excluding carboxylic acids is 1. The summed E-state index contributed by atoms with van der Waals surface area (Å²) in [5, 5.41) is 3.09. The highest BCUT2D eigenvalue weighted by molar-refractivity contribution is 6.31. The summed E-state index contributed by atoms with van der Waals surface area (Å²) in [4.78, 5) is 26.5. The monoisotopic (exact) mass is 408 g/mol. The van der Waals surface area contributed by atoms with Crippen molar-refractivity contribution >= 4 is 23.2 Å². The van der Waals surface area contributed by atoms with Gasteiger partial charge >= 0.3 is 0 Å². The summed E-state index contributed by atoms with van der Waals surface area (Å²) in [5.74, 6) is 0.508. The molecule has 2 aromatic rings. The number of morpholine rings is 1. The first kappa shape index (κ1) is 20.2. The summed E-state index contributed by atoms with van der Waals surface area (Å²) < 4.78 is 21.2. The highest BCUT2D eigenvalue weighted by Gasteiger charge is 2.14. The molecular formula is C19H21ClN2O6. The molecular weight excluding hydrogens is 388 g/mol. The van der Waals surface area contributed by atoms with Crippen molar-refractivity contribution in [3.8, 4) is 11.5 Å². The summed E-state index contributed by atoms with van der Waals surface area (Å²) in [6.07, 6.45) is 1.23. The van der Waals surface area contributed by atoms with Crippen LogP contribution in [0.3, 0.4) is 0 Å². The van der Waals surface area contributed by atoms with Crippen molar-refractivity contribution < 1.29 is 23.4 Å². The number of nitrogens with zero attached hydrogens (tertiary/aromatic N) is 1. The molecule has 1 aliphatic rings. The van der Waals surface area contributed by atoms with Crippen LogP contribution < -0.4 is 20.2 Å². The average Bonchev–Trinajstić information content (AvgIpc) is 2.68. The highest BCUT2D eigenvalue weighted by Crippen LogP contribution is 2.27. The molecule has 0 spiro atoms. The fourth-order valence-corrected chi connectivity index (χ4v) is 2.89. The molecule has 0 atom stereocenters. The maximum Gasteiger partial charge on any atom is 0.262 e. The lowest BCUT2D eigenvalue weighted by molar-refractivity contribution is -0.118. The first-order chi connectivity index (χ1) is 13.5. The molecule has 8 nitrogen and oxygen atoms in total. The highest BCUT2D eigenvalue weighted by atomic mass is 35.5. The minimum Gasteiger partial charge on any atom is -0.495 e. The molecule has 0 aliphatic carbocycles. The Balaban J connectivity index is 1.56. The van der Waals surface area contributed by atoms with Crippen LogP contribution in [-0.2, 0) is 16.1 Å². The van der Waals surface area contributed by atoms with Crippen LogP contribution in [0.2, 0.25) is 5.02 Å². The van der Waals surface area contributed by atoms with Gasteiger partial charge in [-0.25, -0.2) is 0 Å². The Kier molecular flexibility index (Phi) is 6.91. The van der Waals surface area contributed by atoms with E-state index < -0.39 is 5.91 Å². The lowest BCUT2D eigenvalue weighted by Gasteiger charge is -2.25. The lowest BCUT2D eigenvalue weighted by Crippen LogP contribution is -2.35. The van der Waals surface area contributed by atoms with Crippen molar-refractivity contribution in [2.45, 2.75) is 6.54 Å². The maximum atomic E-state index is 12.2. The maximum absolute atomic E-state index is 12.2. The summed E-state index contributed by atoms with van der Waals surface area (Å²) in [6, 6.07) is 6.23. The molecule has 1 amide bonds. The molecule has 1 saturated heterocycles. The van der Waals surface area contributed by atoms with Gasteiger partial charge in [0, 0.05) is 24.2 Å². The lowest BCUT2D eigenvalue weighted by atomic mass is 10.3. The van der Waals surface area contributed by atoms with Crippen molar-refractivity contribution in [2.24, 2.45) is 0 Å². The zero-order chi connectivity index (χ0) is 19.9. The van der Waals surface area contributed by atoms with Gasteiger partial charge < -0.3 is 23.9 Å². The van der Waals surface area contributed by atoms with Gasteiger partial charge in [0.15, 0.2) is 6.61 Å². The number of anilines is 1. The van der Waals surface area contributed by atoms with E-state index in [-0.39, 0.29) is 17.8 Å². The van der Waals surface area contributed by atoms with Crippen molar-refractivity contribution in [1.29, 1.82) is 0 Å². The zero-order valence-corrected chi connectivity index (χ0v) is 16.2. The van der Waals surface area contributed by atoms with E-state index >= 15 is 0 Å². The third-order valence-corrected chi connectivity index (χ3v) is 4.36. The second kappa shape index (κ2) is 9.59. The van der Waals surface area contributed by atoms with Gasteiger partial charge in [-0.2, -0.15) is 0 Å². The summed E-state index contributed by atoms with van der Waals surface area (Å²) >= 11 is 5.93. The first-order valence-electron chi connectivity index (χ1n) is 8.73. The van der Waals surface area contributed by atoms with Gasteiger partial charge in [-0.15, -0.1) is 0 Å². The van der Waals surface area contributed by atoms with E-state index in [0.717, 1.165) is 13.1 Å². The van der Waals surface area contributed by atoms with Crippen LogP contribution in [-0.4, -0.2) is 50.8 Å². The smallest absolute Gasteiger partial charge is 0.262 e. The molecule has 0 unspecified atom stereocenters. The van der Waals surface area contributed by atoms with Crippen LogP contribution >= 0.6 is 11.6 Å². The first-order valence-corrected chi connectivity index (χ1v) is 9.11. The van der Waals surface area contributed by atoms with Crippen LogP contribution in [0.4, 0.5) is 5.69 Å². The average molecular weight is 409 g/mol. The Morgan fingerprint density at radius 2 is 2.04 bits per heavy atom. The predicted molar refractivity (Wildman–Crippen MR) is 103 cm³/mol. The van der Waals surface area contributed by atoms with Crippen LogP contribution in [0.1, 0.15) is 5.76 Å². The van der Waals surface area contributed by atoms with E-state index in [9.17, 15) is 9.59 Å². The molecule has 1 N–H and O–H groups in total. The fraction of sp³-hybridized carbons (Fsp3) is 0.368. The second-order valence-corrected chi connectivity index (χ2v) is 6.58.